The van der Waals surface area contributed by atoms with E-state index in [9.17, 15) is 9.59 Å². The van der Waals surface area contributed by atoms with E-state index in [4.69, 9.17) is 14.3 Å². The third-order valence-corrected chi connectivity index (χ3v) is 4.83. The van der Waals surface area contributed by atoms with Crippen LogP contribution in [0.5, 0.6) is 0 Å². The van der Waals surface area contributed by atoms with Crippen LogP contribution >= 0.6 is 0 Å². The van der Waals surface area contributed by atoms with Crippen molar-refractivity contribution in [1.82, 2.24) is 9.88 Å². The van der Waals surface area contributed by atoms with Gasteiger partial charge in [0.25, 0.3) is 0 Å². The van der Waals surface area contributed by atoms with E-state index in [1.165, 1.54) is 0 Å². The summed E-state index contributed by atoms with van der Waals surface area (Å²) in [6.45, 7) is 0.449. The number of methoxy groups -OCH3 is 1. The lowest BCUT2D eigenvalue weighted by molar-refractivity contribution is -0.139. The molecule has 0 saturated carbocycles. The highest BCUT2D eigenvalue weighted by Crippen LogP contribution is 2.24. The number of aryl methyl sites for hydroxylation is 1. The molecule has 1 aliphatic rings. The largest absolute Gasteiger partial charge is 0.481 e. The fraction of sp³-hybridized carbons (Fsp3) is 0.450. The maximum atomic E-state index is 12.5. The molecule has 0 aliphatic carbocycles. The SMILES string of the molecule is COC1CC(CC(=O)O)N(C(=O)CCCc2ncc(-c3ccccc3)o2)C1. The van der Waals surface area contributed by atoms with E-state index in [0.29, 0.717) is 43.9 Å². The Bertz CT molecular complexity index is 774. The topological polar surface area (TPSA) is 92.9 Å². The predicted octanol–water partition coefficient (Wildman–Crippen LogP) is 2.75. The molecule has 2 heterocycles. The van der Waals surface area contributed by atoms with Gasteiger partial charge in [0.05, 0.1) is 18.7 Å². The number of likely N-dealkylation sites (tertiary alicyclic amines) is 1. The first-order valence-corrected chi connectivity index (χ1v) is 9.11. The average molecular weight is 372 g/mol. The van der Waals surface area contributed by atoms with Crippen LogP contribution in [0.15, 0.2) is 40.9 Å². The summed E-state index contributed by atoms with van der Waals surface area (Å²) in [7, 11) is 1.59. The molecule has 1 aromatic carbocycles. The molecule has 2 atom stereocenters. The number of hydrogen-bond donors (Lipinski definition) is 1. The van der Waals surface area contributed by atoms with Gasteiger partial charge in [0.15, 0.2) is 11.7 Å². The van der Waals surface area contributed by atoms with Crippen molar-refractivity contribution in [2.24, 2.45) is 0 Å². The summed E-state index contributed by atoms with van der Waals surface area (Å²) in [5.41, 5.74) is 0.964. The van der Waals surface area contributed by atoms with Crippen molar-refractivity contribution in [2.45, 2.75) is 44.2 Å². The van der Waals surface area contributed by atoms with Gasteiger partial charge in [-0.05, 0) is 12.8 Å². The summed E-state index contributed by atoms with van der Waals surface area (Å²) >= 11 is 0. The van der Waals surface area contributed by atoms with Crippen molar-refractivity contribution in [3.63, 3.8) is 0 Å². The second-order valence-corrected chi connectivity index (χ2v) is 6.73. The summed E-state index contributed by atoms with van der Waals surface area (Å²) in [5, 5.41) is 9.05. The zero-order chi connectivity index (χ0) is 19.2. The van der Waals surface area contributed by atoms with Crippen LogP contribution < -0.4 is 0 Å². The van der Waals surface area contributed by atoms with Crippen LogP contribution in [0, 0.1) is 0 Å². The average Bonchev–Trinajstić information content (AvgIpc) is 3.29. The summed E-state index contributed by atoms with van der Waals surface area (Å²) in [6.07, 6.45) is 3.60. The van der Waals surface area contributed by atoms with E-state index < -0.39 is 5.97 Å². The number of carbonyl (C=O) groups excluding carboxylic acids is 1. The standard InChI is InChI=1S/C20H24N2O5/c1-26-16-10-15(11-20(24)25)22(13-16)19(23)9-5-8-18-21-12-17(27-18)14-6-3-2-4-7-14/h2-4,6-7,12,15-16H,5,8-11,13H2,1H3,(H,24,25). The Labute approximate surface area is 158 Å². The second-order valence-electron chi connectivity index (χ2n) is 6.73. The molecule has 1 N–H and O–H groups in total. The van der Waals surface area contributed by atoms with Crippen molar-refractivity contribution < 1.29 is 23.8 Å². The molecule has 1 aromatic heterocycles. The van der Waals surface area contributed by atoms with Gasteiger partial charge in [0.1, 0.15) is 0 Å². The van der Waals surface area contributed by atoms with Gasteiger partial charge in [0, 0.05) is 38.1 Å². The number of hydrogen-bond acceptors (Lipinski definition) is 5. The molecule has 2 unspecified atom stereocenters. The van der Waals surface area contributed by atoms with Crippen LogP contribution in [0.25, 0.3) is 11.3 Å². The number of amides is 1. The molecule has 144 valence electrons. The van der Waals surface area contributed by atoms with Gasteiger partial charge < -0.3 is 19.2 Å². The van der Waals surface area contributed by atoms with E-state index in [2.05, 4.69) is 4.98 Å². The van der Waals surface area contributed by atoms with E-state index in [-0.39, 0.29) is 24.5 Å². The Morgan fingerprint density at radius 3 is 2.81 bits per heavy atom. The molecule has 2 aromatic rings. The van der Waals surface area contributed by atoms with Crippen molar-refractivity contribution >= 4 is 11.9 Å². The molecule has 0 bridgehead atoms. The molecule has 0 radical (unpaired) electrons. The van der Waals surface area contributed by atoms with Crippen LogP contribution in [-0.4, -0.2) is 52.7 Å². The number of aliphatic carboxylic acids is 1. The van der Waals surface area contributed by atoms with Crippen molar-refractivity contribution in [1.29, 1.82) is 0 Å². The van der Waals surface area contributed by atoms with Gasteiger partial charge in [-0.25, -0.2) is 4.98 Å². The third-order valence-electron chi connectivity index (χ3n) is 4.83. The Morgan fingerprint density at radius 1 is 1.33 bits per heavy atom. The number of aromatic nitrogens is 1. The molecular formula is C20H24N2O5. The molecule has 7 nitrogen and oxygen atoms in total. The normalized spacial score (nSPS) is 19.4. The third kappa shape index (κ3) is 4.95. The fourth-order valence-electron chi connectivity index (χ4n) is 3.44. The van der Waals surface area contributed by atoms with E-state index in [1.807, 2.05) is 30.3 Å². The van der Waals surface area contributed by atoms with Crippen LogP contribution in [0.4, 0.5) is 0 Å². The maximum absolute atomic E-state index is 12.5. The highest BCUT2D eigenvalue weighted by atomic mass is 16.5. The molecule has 1 saturated heterocycles. The molecule has 7 heteroatoms. The summed E-state index contributed by atoms with van der Waals surface area (Å²) in [6, 6.07) is 9.43. The van der Waals surface area contributed by atoms with Gasteiger partial charge >= 0.3 is 5.97 Å². The van der Waals surface area contributed by atoms with E-state index >= 15 is 0 Å². The molecule has 1 amide bonds. The van der Waals surface area contributed by atoms with Crippen LogP contribution in [0.2, 0.25) is 0 Å². The molecule has 0 spiro atoms. The predicted molar refractivity (Wildman–Crippen MR) is 98.0 cm³/mol. The van der Waals surface area contributed by atoms with Gasteiger partial charge in [-0.1, -0.05) is 30.3 Å². The quantitative estimate of drug-likeness (QED) is 0.766. The van der Waals surface area contributed by atoms with E-state index in [1.54, 1.807) is 18.2 Å². The Balaban J connectivity index is 1.52. The Morgan fingerprint density at radius 2 is 2.11 bits per heavy atom. The first kappa shape index (κ1) is 19.1. The monoisotopic (exact) mass is 372 g/mol. The summed E-state index contributed by atoms with van der Waals surface area (Å²) < 4.78 is 11.1. The first-order chi connectivity index (χ1) is 13.1. The first-order valence-electron chi connectivity index (χ1n) is 9.11. The molecule has 1 aliphatic heterocycles. The van der Waals surface area contributed by atoms with Crippen LogP contribution in [0.1, 0.15) is 31.6 Å². The Kier molecular flexibility index (Phi) is 6.24. The number of carboxylic acids is 1. The van der Waals surface area contributed by atoms with Gasteiger partial charge in [-0.3, -0.25) is 9.59 Å². The molecular weight excluding hydrogens is 348 g/mol. The van der Waals surface area contributed by atoms with Gasteiger partial charge in [-0.15, -0.1) is 0 Å². The number of carboxylic acid groups (broad SMARTS) is 1. The summed E-state index contributed by atoms with van der Waals surface area (Å²) in [4.78, 5) is 29.5. The minimum absolute atomic E-state index is 0.0457. The highest BCUT2D eigenvalue weighted by Gasteiger charge is 2.36. The number of oxazole rings is 1. The fourth-order valence-corrected chi connectivity index (χ4v) is 3.44. The lowest BCUT2D eigenvalue weighted by atomic mass is 10.1. The zero-order valence-electron chi connectivity index (χ0n) is 15.3. The molecule has 27 heavy (non-hydrogen) atoms. The zero-order valence-corrected chi connectivity index (χ0v) is 15.3. The second kappa shape index (κ2) is 8.81. The number of rotatable bonds is 8. The Hall–Kier alpha value is -2.67. The minimum Gasteiger partial charge on any atom is -0.481 e. The van der Waals surface area contributed by atoms with Crippen LogP contribution in [-0.2, 0) is 20.7 Å². The number of benzene rings is 1. The number of nitrogens with zero attached hydrogens (tertiary/aromatic N) is 2. The maximum Gasteiger partial charge on any atom is 0.305 e. The van der Waals surface area contributed by atoms with Crippen LogP contribution in [0.3, 0.4) is 0 Å². The number of carbonyl (C=O) groups is 2. The lowest BCUT2D eigenvalue weighted by Crippen LogP contribution is -2.37. The molecule has 3 rings (SSSR count). The van der Waals surface area contributed by atoms with E-state index in [0.717, 1.165) is 5.56 Å². The van der Waals surface area contributed by atoms with Crippen molar-refractivity contribution in [3.05, 3.63) is 42.4 Å². The lowest BCUT2D eigenvalue weighted by Gasteiger charge is -2.23. The molecule has 1 fully saturated rings. The highest BCUT2D eigenvalue weighted by molar-refractivity contribution is 5.78. The van der Waals surface area contributed by atoms with Crippen molar-refractivity contribution in [2.75, 3.05) is 13.7 Å². The summed E-state index contributed by atoms with van der Waals surface area (Å²) in [5.74, 6) is 0.360. The van der Waals surface area contributed by atoms with Gasteiger partial charge in [0.2, 0.25) is 5.91 Å². The van der Waals surface area contributed by atoms with Gasteiger partial charge in [-0.2, -0.15) is 0 Å². The van der Waals surface area contributed by atoms with Crippen molar-refractivity contribution in [3.8, 4) is 11.3 Å². The minimum atomic E-state index is -0.900. The smallest absolute Gasteiger partial charge is 0.305 e. The number of ether oxygens (including phenoxy) is 1.